The van der Waals surface area contributed by atoms with Crippen LogP contribution in [0.25, 0.3) is 0 Å². The van der Waals surface area contributed by atoms with Gasteiger partial charge in [-0.05, 0) is 35.5 Å². The average molecular weight is 799 g/mol. The van der Waals surface area contributed by atoms with Crippen LogP contribution in [0.15, 0.2) is 35.5 Å². The maximum atomic E-state index is 11.3. The molecule has 0 saturated heterocycles. The Hall–Kier alpha value is -1.42. The van der Waals surface area contributed by atoms with Crippen LogP contribution >= 0.6 is 0 Å². The number of carbonyl (C=O) groups excluding carboxylic acids is 3. The van der Waals surface area contributed by atoms with Crippen molar-refractivity contribution >= 4 is 17.3 Å². The Bertz CT molecular complexity index is 838. The summed E-state index contributed by atoms with van der Waals surface area (Å²) in [4.78, 5) is 29.5. The largest absolute Gasteiger partial charge is 3.00 e. The summed E-state index contributed by atoms with van der Waals surface area (Å²) in [6.07, 6.45) is -35.8. The second kappa shape index (κ2) is 17.6. The van der Waals surface area contributed by atoms with Gasteiger partial charge in [0.1, 0.15) is 0 Å². The molecule has 0 aliphatic carbocycles. The molecule has 0 bridgehead atoms. The van der Waals surface area contributed by atoms with E-state index in [-0.39, 0.29) is 65.4 Å². The van der Waals surface area contributed by atoms with Gasteiger partial charge in [-0.15, -0.1) is 0 Å². The second-order valence-electron chi connectivity index (χ2n) is 5.61. The van der Waals surface area contributed by atoms with Crippen LogP contribution in [-0.2, 0) is 79.8 Å². The quantitative estimate of drug-likeness (QED) is 0.246. The van der Waals surface area contributed by atoms with E-state index in [0.29, 0.717) is 0 Å². The minimum absolute atomic E-state index is 0. The first-order chi connectivity index (χ1) is 16.6. The molecule has 26 heteroatoms. The normalized spacial score (nSPS) is 13.8. The molecule has 0 unspecified atom stereocenters. The summed E-state index contributed by atoms with van der Waals surface area (Å²) in [5, 5.41) is 29.5. The number of hydrogen-bond acceptors (Lipinski definition) is 6. The molecule has 0 fully saturated rings. The predicted octanol–water partition coefficient (Wildman–Crippen LogP) is 2.77. The Morgan fingerprint density at radius 2 is 0.463 bits per heavy atom. The van der Waals surface area contributed by atoms with Gasteiger partial charge in [0.15, 0.2) is 0 Å². The van der Waals surface area contributed by atoms with Crippen molar-refractivity contribution in [3.63, 3.8) is 0 Å². The Morgan fingerprint density at radius 1 is 0.341 bits per heavy atom. The van der Waals surface area contributed by atoms with Crippen molar-refractivity contribution in [1.29, 1.82) is 0 Å². The molecule has 0 aromatic rings. The Labute approximate surface area is 262 Å². The zero-order chi connectivity index (χ0) is 32.6. The molecule has 0 rings (SSSR count). The van der Waals surface area contributed by atoms with E-state index in [1.807, 2.05) is 0 Å². The molecule has 0 heterocycles. The summed E-state index contributed by atoms with van der Waals surface area (Å²) < 4.78 is 203. The molecule has 41 heavy (non-hydrogen) atoms. The summed E-state index contributed by atoms with van der Waals surface area (Å²) in [5.74, 6) is -16.9. The zero-order valence-corrected chi connectivity index (χ0v) is 23.8. The Morgan fingerprint density at radius 3 is 0.537 bits per heavy atom. The molecule has 0 aromatic carbocycles. The molecule has 0 aliphatic heterocycles. The van der Waals surface area contributed by atoms with Crippen molar-refractivity contribution in [3.05, 3.63) is 35.5 Å². The molecule has 6 nitrogen and oxygen atoms in total. The smallest absolute Gasteiger partial charge is 0.869 e. The molecule has 0 saturated carbocycles. The fourth-order valence-electron chi connectivity index (χ4n) is 0.848. The molecular formula is C15H3F18O6Y2+3. The number of halogens is 18. The van der Waals surface area contributed by atoms with Crippen molar-refractivity contribution < 1.29 is 174 Å². The third kappa shape index (κ3) is 23.8. The first-order valence-corrected chi connectivity index (χ1v) is 7.86. The van der Waals surface area contributed by atoms with Crippen molar-refractivity contribution in [2.24, 2.45) is 0 Å². The monoisotopic (exact) mass is 799 g/mol. The molecule has 0 N–H and O–H groups in total. The molecule has 0 atom stereocenters. The van der Waals surface area contributed by atoms with Gasteiger partial charge in [0.2, 0.25) is 0 Å². The molecule has 0 spiro atoms. The summed E-state index contributed by atoms with van der Waals surface area (Å²) in [6, 6.07) is 0. The van der Waals surface area contributed by atoms with Gasteiger partial charge in [-0.1, -0.05) is 0 Å². The van der Waals surface area contributed by atoms with Crippen LogP contribution in [0, 0.1) is 0 Å². The van der Waals surface area contributed by atoms with E-state index in [4.69, 9.17) is 0 Å². The number of hydrogen-bond donors (Lipinski definition) is 0. The molecular weight excluding hydrogens is 796 g/mol. The molecule has 0 aromatic heterocycles. The summed E-state index contributed by atoms with van der Waals surface area (Å²) >= 11 is 0. The van der Waals surface area contributed by atoms with E-state index in [2.05, 4.69) is 0 Å². The Kier molecular flexibility index (Phi) is 21.2. The predicted molar refractivity (Wildman–Crippen MR) is 75.6 cm³/mol. The second-order valence-corrected chi connectivity index (χ2v) is 5.61. The summed E-state index contributed by atoms with van der Waals surface area (Å²) in [5.41, 5.74) is 0. The van der Waals surface area contributed by atoms with Crippen LogP contribution in [0.5, 0.6) is 0 Å². The maximum Gasteiger partial charge on any atom is 3.00 e. The van der Waals surface area contributed by atoms with Crippen LogP contribution in [0.2, 0.25) is 0 Å². The fraction of sp³-hybridized carbons (Fsp3) is 0.400. The van der Waals surface area contributed by atoms with Gasteiger partial charge in [0.05, 0.1) is 0 Å². The molecule has 0 aliphatic rings. The number of allylic oxidation sites excluding steroid dienone is 6. The summed E-state index contributed by atoms with van der Waals surface area (Å²) in [7, 11) is 0. The van der Waals surface area contributed by atoms with Crippen molar-refractivity contribution in [2.75, 3.05) is 0 Å². The number of rotatable bonds is 3. The van der Waals surface area contributed by atoms with Crippen molar-refractivity contribution in [2.45, 2.75) is 37.1 Å². The Balaban J connectivity index is -0.000000154. The van der Waals surface area contributed by atoms with Gasteiger partial charge in [-0.25, -0.2) is 0 Å². The van der Waals surface area contributed by atoms with Gasteiger partial charge in [0.25, 0.3) is 17.3 Å². The van der Waals surface area contributed by atoms with E-state index >= 15 is 0 Å². The fourth-order valence-corrected chi connectivity index (χ4v) is 0.848. The van der Waals surface area contributed by atoms with Crippen LogP contribution in [0.4, 0.5) is 79.0 Å². The van der Waals surface area contributed by atoms with E-state index in [0.717, 1.165) is 0 Å². The SMILES string of the molecule is O=C(/C=C(\[O-])C(F)(F)F)C(F)(F)F.O=C(/C=C(\[O-])C(F)(F)F)C(F)(F)F.O=C(/C=C(\[O-])C(F)(F)F)C(F)(F)F.[Y+3].[Y+3]. The third-order valence-corrected chi connectivity index (χ3v) is 2.46. The first kappa shape index (κ1) is 49.3. The number of ketones is 3. The topological polar surface area (TPSA) is 120 Å². The summed E-state index contributed by atoms with van der Waals surface area (Å²) in [6.45, 7) is 0. The van der Waals surface area contributed by atoms with Crippen LogP contribution in [-0.4, -0.2) is 54.4 Å². The first-order valence-electron chi connectivity index (χ1n) is 7.86. The van der Waals surface area contributed by atoms with Crippen molar-refractivity contribution in [3.8, 4) is 0 Å². The average Bonchev–Trinajstić information content (AvgIpc) is 2.64. The number of alkyl halides is 18. The molecule has 228 valence electrons. The van der Waals surface area contributed by atoms with Crippen LogP contribution < -0.4 is 15.3 Å². The van der Waals surface area contributed by atoms with Crippen LogP contribution in [0.1, 0.15) is 0 Å². The molecule has 0 radical (unpaired) electrons. The molecule has 0 amide bonds. The van der Waals surface area contributed by atoms with Gasteiger partial charge in [0, 0.05) is 0 Å². The van der Waals surface area contributed by atoms with E-state index in [1.165, 1.54) is 0 Å². The van der Waals surface area contributed by atoms with Gasteiger partial charge < -0.3 is 15.3 Å². The van der Waals surface area contributed by atoms with E-state index < -0.39 is 89.9 Å². The van der Waals surface area contributed by atoms with Gasteiger partial charge in [-0.3, -0.25) is 14.4 Å². The minimum atomic E-state index is -5.46. The van der Waals surface area contributed by atoms with Crippen molar-refractivity contribution in [1.82, 2.24) is 0 Å². The van der Waals surface area contributed by atoms with Crippen LogP contribution in [0.3, 0.4) is 0 Å². The van der Waals surface area contributed by atoms with E-state index in [1.54, 1.807) is 0 Å². The maximum absolute atomic E-state index is 11.3. The minimum Gasteiger partial charge on any atom is -0.869 e. The standard InChI is InChI=1S/3C5H2F6O2.2Y/c3*6-4(7,8)2(12)1-3(13)5(9,10)11;;/h3*1,12H;;/q;;;2*+3/p-3/b3*2-1-;;. The van der Waals surface area contributed by atoms with E-state index in [9.17, 15) is 109 Å². The third-order valence-electron chi connectivity index (χ3n) is 2.46. The van der Waals surface area contributed by atoms with Gasteiger partial charge in [-0.2, -0.15) is 79.0 Å². The number of carbonyl (C=O) groups is 3. The van der Waals surface area contributed by atoms with Gasteiger partial charge >= 0.3 is 102 Å². The zero-order valence-electron chi connectivity index (χ0n) is 18.1.